The Kier molecular flexibility index (Phi) is 5.71. The van der Waals surface area contributed by atoms with Crippen molar-refractivity contribution in [2.24, 2.45) is 5.92 Å². The number of carbonyl (C=O) groups excluding carboxylic acids is 1. The number of rotatable bonds is 6. The number of aryl methyl sites for hydroxylation is 1. The normalized spacial score (nSPS) is 11.4. The molecule has 1 amide bonds. The van der Waals surface area contributed by atoms with Gasteiger partial charge in [0.1, 0.15) is 4.83 Å². The number of nitro benzene ring substituents is 1. The van der Waals surface area contributed by atoms with Gasteiger partial charge in [-0.3, -0.25) is 19.6 Å². The van der Waals surface area contributed by atoms with Gasteiger partial charge in [-0.2, -0.15) is 5.10 Å². The highest BCUT2D eigenvalue weighted by Crippen LogP contribution is 2.30. The molecule has 0 bridgehead atoms. The molecule has 7 nitrogen and oxygen atoms in total. The van der Waals surface area contributed by atoms with Crippen molar-refractivity contribution in [3.8, 4) is 0 Å². The molecule has 1 aromatic carbocycles. The van der Waals surface area contributed by atoms with E-state index in [0.717, 1.165) is 22.5 Å². The van der Waals surface area contributed by atoms with E-state index < -0.39 is 4.92 Å². The number of hydrogen-bond acceptors (Lipinski definition) is 5. The van der Waals surface area contributed by atoms with Crippen LogP contribution < -0.4 is 0 Å². The molecule has 28 heavy (non-hydrogen) atoms. The van der Waals surface area contributed by atoms with Crippen molar-refractivity contribution in [1.29, 1.82) is 0 Å². The quantitative estimate of drug-likeness (QED) is 0.419. The number of non-ortho nitro benzene ring substituents is 1. The highest BCUT2D eigenvalue weighted by Gasteiger charge is 2.21. The lowest BCUT2D eigenvalue weighted by molar-refractivity contribution is -0.384. The number of thiophene rings is 1. The Labute approximate surface area is 171 Å². The predicted molar refractivity (Wildman–Crippen MR) is 111 cm³/mol. The monoisotopic (exact) mass is 420 g/mol. The highest BCUT2D eigenvalue weighted by molar-refractivity contribution is 7.20. The molecule has 0 aliphatic carbocycles. The second-order valence-corrected chi connectivity index (χ2v) is 8.62. The zero-order valence-corrected chi connectivity index (χ0v) is 17.7. The molecule has 0 radical (unpaired) electrons. The highest BCUT2D eigenvalue weighted by atomic mass is 35.5. The van der Waals surface area contributed by atoms with Crippen LogP contribution in [-0.2, 0) is 13.1 Å². The van der Waals surface area contributed by atoms with Gasteiger partial charge >= 0.3 is 0 Å². The molecule has 0 saturated carbocycles. The molecule has 0 unspecified atom stereocenters. The summed E-state index contributed by atoms with van der Waals surface area (Å²) < 4.78 is 1.95. The van der Waals surface area contributed by atoms with Crippen LogP contribution in [0.15, 0.2) is 24.3 Å². The Morgan fingerprint density at radius 1 is 1.39 bits per heavy atom. The minimum Gasteiger partial charge on any atom is -0.337 e. The van der Waals surface area contributed by atoms with Crippen molar-refractivity contribution in [3.05, 3.63) is 55.5 Å². The van der Waals surface area contributed by atoms with Gasteiger partial charge in [0.15, 0.2) is 0 Å². The van der Waals surface area contributed by atoms with E-state index >= 15 is 0 Å². The second-order valence-electron chi connectivity index (χ2n) is 7.18. The number of carbonyl (C=O) groups is 1. The van der Waals surface area contributed by atoms with Crippen LogP contribution in [-0.4, -0.2) is 32.6 Å². The van der Waals surface area contributed by atoms with Crippen molar-refractivity contribution in [2.45, 2.75) is 33.9 Å². The molecule has 0 aliphatic rings. The van der Waals surface area contributed by atoms with E-state index in [4.69, 9.17) is 11.6 Å². The van der Waals surface area contributed by atoms with Crippen molar-refractivity contribution in [1.82, 2.24) is 14.7 Å². The van der Waals surface area contributed by atoms with Gasteiger partial charge in [0, 0.05) is 42.7 Å². The molecule has 2 aromatic heterocycles. The molecule has 9 heteroatoms. The number of nitro groups is 1. The molecular formula is C19H21ClN4O3S. The van der Waals surface area contributed by atoms with Crippen LogP contribution in [0.1, 0.15) is 34.8 Å². The molecule has 0 spiro atoms. The van der Waals surface area contributed by atoms with E-state index in [1.54, 1.807) is 7.05 Å². The fraction of sp³-hybridized carbons (Fsp3) is 0.368. The second kappa shape index (κ2) is 7.89. The maximum Gasteiger partial charge on any atom is 0.269 e. The summed E-state index contributed by atoms with van der Waals surface area (Å²) in [5, 5.41) is 16.9. The number of aromatic nitrogens is 2. The third-order valence-corrected chi connectivity index (χ3v) is 5.86. The van der Waals surface area contributed by atoms with Crippen molar-refractivity contribution < 1.29 is 9.72 Å². The van der Waals surface area contributed by atoms with Gasteiger partial charge in [-0.15, -0.1) is 11.3 Å². The number of nitrogens with zero attached hydrogens (tertiary/aromatic N) is 4. The minimum absolute atomic E-state index is 0.0495. The zero-order chi connectivity index (χ0) is 20.6. The summed E-state index contributed by atoms with van der Waals surface area (Å²) in [4.78, 5) is 26.5. The largest absolute Gasteiger partial charge is 0.337 e. The van der Waals surface area contributed by atoms with Gasteiger partial charge in [-0.1, -0.05) is 25.4 Å². The Morgan fingerprint density at radius 3 is 2.75 bits per heavy atom. The third kappa shape index (κ3) is 4.02. The molecule has 0 aliphatic heterocycles. The number of hydrogen-bond donors (Lipinski definition) is 0. The van der Waals surface area contributed by atoms with Gasteiger partial charge in [-0.05, 0) is 30.5 Å². The molecular weight excluding hydrogens is 400 g/mol. The number of benzene rings is 1. The average molecular weight is 421 g/mol. The third-order valence-electron chi connectivity index (χ3n) is 4.35. The molecule has 2 heterocycles. The SMILES string of the molecule is Cc1nn(CC(C)C)c2sc(C(=O)N(C)Cc3cc([N+](=O)[O-])ccc3Cl)cc12. The molecule has 3 rings (SSSR count). The van der Waals surface area contributed by atoms with E-state index in [1.807, 2.05) is 17.7 Å². The van der Waals surface area contributed by atoms with Crippen molar-refractivity contribution >= 4 is 44.7 Å². The summed E-state index contributed by atoms with van der Waals surface area (Å²) in [6.07, 6.45) is 0. The maximum atomic E-state index is 12.9. The molecule has 148 valence electrons. The van der Waals surface area contributed by atoms with Crippen LogP contribution in [0.25, 0.3) is 10.2 Å². The molecule has 0 atom stereocenters. The van der Waals surface area contributed by atoms with E-state index in [9.17, 15) is 14.9 Å². The van der Waals surface area contributed by atoms with Gasteiger partial charge in [0.05, 0.1) is 15.5 Å². The van der Waals surface area contributed by atoms with E-state index in [1.165, 1.54) is 34.4 Å². The summed E-state index contributed by atoms with van der Waals surface area (Å²) in [6.45, 7) is 7.16. The van der Waals surface area contributed by atoms with E-state index in [2.05, 4.69) is 18.9 Å². The van der Waals surface area contributed by atoms with E-state index in [0.29, 0.717) is 21.4 Å². The smallest absolute Gasteiger partial charge is 0.269 e. The Balaban J connectivity index is 1.86. The molecule has 0 N–H and O–H groups in total. The van der Waals surface area contributed by atoms with Gasteiger partial charge in [0.25, 0.3) is 11.6 Å². The lowest BCUT2D eigenvalue weighted by Gasteiger charge is -2.17. The lowest BCUT2D eigenvalue weighted by atomic mass is 10.2. The molecule has 0 saturated heterocycles. The van der Waals surface area contributed by atoms with Crippen LogP contribution in [0, 0.1) is 23.0 Å². The van der Waals surface area contributed by atoms with Gasteiger partial charge in [0.2, 0.25) is 0 Å². The maximum absolute atomic E-state index is 12.9. The number of fused-ring (bicyclic) bond motifs is 1. The zero-order valence-electron chi connectivity index (χ0n) is 16.1. The summed E-state index contributed by atoms with van der Waals surface area (Å²) >= 11 is 7.58. The first-order chi connectivity index (χ1) is 13.2. The summed E-state index contributed by atoms with van der Waals surface area (Å²) in [6, 6.07) is 6.11. The topological polar surface area (TPSA) is 81.3 Å². The van der Waals surface area contributed by atoms with Crippen LogP contribution in [0.2, 0.25) is 5.02 Å². The fourth-order valence-electron chi connectivity index (χ4n) is 3.00. The number of amides is 1. The van der Waals surface area contributed by atoms with Crippen LogP contribution in [0.5, 0.6) is 0 Å². The minimum atomic E-state index is -0.475. The predicted octanol–water partition coefficient (Wildman–Crippen LogP) is 4.90. The van der Waals surface area contributed by atoms with Crippen molar-refractivity contribution in [2.75, 3.05) is 7.05 Å². The first kappa shape index (κ1) is 20.3. The lowest BCUT2D eigenvalue weighted by Crippen LogP contribution is -2.25. The summed E-state index contributed by atoms with van der Waals surface area (Å²) in [7, 11) is 1.66. The summed E-state index contributed by atoms with van der Waals surface area (Å²) in [5.41, 5.74) is 1.39. The fourth-order valence-corrected chi connectivity index (χ4v) is 4.34. The van der Waals surface area contributed by atoms with Crippen LogP contribution in [0.4, 0.5) is 5.69 Å². The van der Waals surface area contributed by atoms with Crippen LogP contribution >= 0.6 is 22.9 Å². The number of halogens is 1. The Bertz CT molecular complexity index is 1060. The Hall–Kier alpha value is -2.45. The molecule has 0 fully saturated rings. The van der Waals surface area contributed by atoms with Gasteiger partial charge < -0.3 is 4.90 Å². The van der Waals surface area contributed by atoms with Crippen LogP contribution in [0.3, 0.4) is 0 Å². The van der Waals surface area contributed by atoms with E-state index in [-0.39, 0.29) is 18.1 Å². The van der Waals surface area contributed by atoms with Crippen molar-refractivity contribution in [3.63, 3.8) is 0 Å². The standard InChI is InChI=1S/C19H21ClN4O3S/c1-11(2)9-23-19-15(12(3)21-23)8-17(28-19)18(25)22(4)10-13-7-14(24(26)27)5-6-16(13)20/h5-8,11H,9-10H2,1-4H3. The first-order valence-electron chi connectivity index (χ1n) is 8.82. The Morgan fingerprint density at radius 2 is 2.11 bits per heavy atom. The first-order valence-corrected chi connectivity index (χ1v) is 10.0. The average Bonchev–Trinajstić information content (AvgIpc) is 3.17. The molecule has 3 aromatic rings. The van der Waals surface area contributed by atoms with Gasteiger partial charge in [-0.25, -0.2) is 0 Å². The summed E-state index contributed by atoms with van der Waals surface area (Å²) in [5.74, 6) is 0.293.